The van der Waals surface area contributed by atoms with Crippen LogP contribution in [-0.2, 0) is 9.53 Å². The molecule has 126 valence electrons. The SMILES string of the molecule is CCOC(=O)C1(C(C)C)CCN(c2ccc(F)cc2[N+](=O)[O-])C1. The van der Waals surface area contributed by atoms with Crippen LogP contribution in [0.4, 0.5) is 15.8 Å². The van der Waals surface area contributed by atoms with Crippen LogP contribution >= 0.6 is 0 Å². The number of rotatable bonds is 5. The minimum Gasteiger partial charge on any atom is -0.466 e. The molecular formula is C16H21FN2O4. The second-order valence-corrected chi connectivity index (χ2v) is 6.09. The summed E-state index contributed by atoms with van der Waals surface area (Å²) in [6.45, 7) is 6.76. The molecule has 0 radical (unpaired) electrons. The smallest absolute Gasteiger partial charge is 0.314 e. The predicted octanol–water partition coefficient (Wildman–Crippen LogP) is 3.15. The van der Waals surface area contributed by atoms with Crippen LogP contribution in [0.25, 0.3) is 0 Å². The first-order valence-corrected chi connectivity index (χ1v) is 7.68. The van der Waals surface area contributed by atoms with E-state index in [1.165, 1.54) is 12.1 Å². The van der Waals surface area contributed by atoms with Gasteiger partial charge in [0.05, 0.1) is 23.0 Å². The summed E-state index contributed by atoms with van der Waals surface area (Å²) in [4.78, 5) is 24.8. The number of hydrogen-bond donors (Lipinski definition) is 0. The number of benzene rings is 1. The van der Waals surface area contributed by atoms with Gasteiger partial charge in [0.1, 0.15) is 11.5 Å². The molecule has 0 aromatic heterocycles. The number of anilines is 1. The summed E-state index contributed by atoms with van der Waals surface area (Å²) in [5.74, 6) is -0.895. The van der Waals surface area contributed by atoms with Crippen LogP contribution < -0.4 is 4.90 Å². The summed E-state index contributed by atoms with van der Waals surface area (Å²) >= 11 is 0. The van der Waals surface area contributed by atoms with E-state index in [9.17, 15) is 19.3 Å². The summed E-state index contributed by atoms with van der Waals surface area (Å²) in [5, 5.41) is 11.2. The van der Waals surface area contributed by atoms with Crippen LogP contribution in [0, 0.1) is 27.3 Å². The molecule has 23 heavy (non-hydrogen) atoms. The van der Waals surface area contributed by atoms with Gasteiger partial charge in [-0.25, -0.2) is 4.39 Å². The molecule has 0 N–H and O–H groups in total. The van der Waals surface area contributed by atoms with Gasteiger partial charge in [0, 0.05) is 13.1 Å². The Morgan fingerprint density at radius 1 is 1.52 bits per heavy atom. The average molecular weight is 324 g/mol. The lowest BCUT2D eigenvalue weighted by Gasteiger charge is -2.31. The maximum absolute atomic E-state index is 13.3. The van der Waals surface area contributed by atoms with Gasteiger partial charge in [0.2, 0.25) is 0 Å². The standard InChI is InChI=1S/C16H21FN2O4/c1-4-23-15(20)16(11(2)3)7-8-18(10-16)13-6-5-12(17)9-14(13)19(21)22/h5-6,9,11H,4,7-8,10H2,1-3H3. The van der Waals surface area contributed by atoms with Crippen LogP contribution in [0.1, 0.15) is 27.2 Å². The van der Waals surface area contributed by atoms with E-state index in [-0.39, 0.29) is 17.6 Å². The Bertz CT molecular complexity index is 620. The number of hydrogen-bond acceptors (Lipinski definition) is 5. The van der Waals surface area contributed by atoms with Gasteiger partial charge >= 0.3 is 5.97 Å². The molecule has 0 bridgehead atoms. The minimum absolute atomic E-state index is 0.0334. The molecule has 2 rings (SSSR count). The average Bonchev–Trinajstić information content (AvgIpc) is 2.93. The molecule has 1 aliphatic heterocycles. The molecule has 1 aliphatic rings. The fourth-order valence-electron chi connectivity index (χ4n) is 3.10. The van der Waals surface area contributed by atoms with Crippen LogP contribution in [0.3, 0.4) is 0 Å². The monoisotopic (exact) mass is 324 g/mol. The number of nitrogens with zero attached hydrogens (tertiary/aromatic N) is 2. The van der Waals surface area contributed by atoms with E-state index in [0.717, 1.165) is 6.07 Å². The third-order valence-electron chi connectivity index (χ3n) is 4.56. The van der Waals surface area contributed by atoms with E-state index in [1.807, 2.05) is 13.8 Å². The first-order valence-electron chi connectivity index (χ1n) is 7.68. The Hall–Kier alpha value is -2.18. The molecule has 1 aromatic carbocycles. The molecule has 0 aliphatic carbocycles. The summed E-state index contributed by atoms with van der Waals surface area (Å²) < 4.78 is 18.5. The zero-order chi connectivity index (χ0) is 17.2. The van der Waals surface area contributed by atoms with Crippen LogP contribution in [0.5, 0.6) is 0 Å². The Balaban J connectivity index is 2.35. The van der Waals surface area contributed by atoms with Crippen molar-refractivity contribution in [3.8, 4) is 0 Å². The molecule has 6 nitrogen and oxygen atoms in total. The van der Waals surface area contributed by atoms with E-state index in [1.54, 1.807) is 11.8 Å². The van der Waals surface area contributed by atoms with Crippen molar-refractivity contribution in [2.24, 2.45) is 11.3 Å². The number of carbonyl (C=O) groups excluding carboxylic acids is 1. The number of nitro groups is 1. The molecule has 0 spiro atoms. The van der Waals surface area contributed by atoms with E-state index in [2.05, 4.69) is 0 Å². The summed E-state index contributed by atoms with van der Waals surface area (Å²) in [6, 6.07) is 3.51. The molecule has 0 amide bonds. The molecule has 1 aromatic rings. The zero-order valence-electron chi connectivity index (χ0n) is 13.5. The largest absolute Gasteiger partial charge is 0.466 e. The summed E-state index contributed by atoms with van der Waals surface area (Å²) in [6.07, 6.45) is 0.554. The molecule has 0 saturated carbocycles. The third kappa shape index (κ3) is 3.13. The maximum Gasteiger partial charge on any atom is 0.314 e. The third-order valence-corrected chi connectivity index (χ3v) is 4.56. The van der Waals surface area contributed by atoms with Gasteiger partial charge in [-0.2, -0.15) is 0 Å². The number of halogens is 1. The second kappa shape index (κ2) is 6.52. The topological polar surface area (TPSA) is 72.7 Å². The van der Waals surface area contributed by atoms with Gasteiger partial charge in [-0.15, -0.1) is 0 Å². The molecular weight excluding hydrogens is 303 g/mol. The van der Waals surface area contributed by atoms with Gasteiger partial charge < -0.3 is 9.64 Å². The highest BCUT2D eigenvalue weighted by Crippen LogP contribution is 2.43. The fourth-order valence-corrected chi connectivity index (χ4v) is 3.10. The lowest BCUT2D eigenvalue weighted by Crippen LogP contribution is -2.40. The Kier molecular flexibility index (Phi) is 4.87. The Morgan fingerprint density at radius 2 is 2.22 bits per heavy atom. The highest BCUT2D eigenvalue weighted by Gasteiger charge is 2.49. The Morgan fingerprint density at radius 3 is 2.78 bits per heavy atom. The van der Waals surface area contributed by atoms with Gasteiger partial charge in [-0.1, -0.05) is 13.8 Å². The van der Waals surface area contributed by atoms with Crippen molar-refractivity contribution in [3.63, 3.8) is 0 Å². The molecule has 1 saturated heterocycles. The fraction of sp³-hybridized carbons (Fsp3) is 0.562. The highest BCUT2D eigenvalue weighted by molar-refractivity contribution is 5.80. The van der Waals surface area contributed by atoms with E-state index >= 15 is 0 Å². The highest BCUT2D eigenvalue weighted by atomic mass is 19.1. The van der Waals surface area contributed by atoms with Gasteiger partial charge in [-0.05, 0) is 31.4 Å². The van der Waals surface area contributed by atoms with Gasteiger partial charge in [0.15, 0.2) is 0 Å². The number of carbonyl (C=O) groups is 1. The number of ether oxygens (including phenoxy) is 1. The molecule has 1 heterocycles. The van der Waals surface area contributed by atoms with Crippen LogP contribution in [0.2, 0.25) is 0 Å². The van der Waals surface area contributed by atoms with Crippen LogP contribution in [-0.4, -0.2) is 30.6 Å². The van der Waals surface area contributed by atoms with E-state index < -0.39 is 16.2 Å². The first kappa shape index (κ1) is 17.2. The summed E-state index contributed by atoms with van der Waals surface area (Å²) in [7, 11) is 0. The summed E-state index contributed by atoms with van der Waals surface area (Å²) in [5.41, 5.74) is -0.644. The predicted molar refractivity (Wildman–Crippen MR) is 83.8 cm³/mol. The quantitative estimate of drug-likeness (QED) is 0.472. The van der Waals surface area contributed by atoms with Crippen molar-refractivity contribution in [1.29, 1.82) is 0 Å². The molecule has 1 unspecified atom stereocenters. The van der Waals surface area contributed by atoms with Crippen molar-refractivity contribution in [2.75, 3.05) is 24.6 Å². The lowest BCUT2D eigenvalue weighted by atomic mass is 9.76. The van der Waals surface area contributed by atoms with Crippen molar-refractivity contribution in [1.82, 2.24) is 0 Å². The molecule has 1 fully saturated rings. The molecule has 7 heteroatoms. The van der Waals surface area contributed by atoms with Gasteiger partial charge in [0.25, 0.3) is 5.69 Å². The van der Waals surface area contributed by atoms with Crippen LogP contribution in [0.15, 0.2) is 18.2 Å². The van der Waals surface area contributed by atoms with Crippen molar-refractivity contribution in [2.45, 2.75) is 27.2 Å². The van der Waals surface area contributed by atoms with Crippen molar-refractivity contribution >= 4 is 17.3 Å². The maximum atomic E-state index is 13.3. The number of nitro benzene ring substituents is 1. The first-order chi connectivity index (χ1) is 10.8. The Labute approximate surface area is 134 Å². The normalized spacial score (nSPS) is 20.8. The van der Waals surface area contributed by atoms with Gasteiger partial charge in [-0.3, -0.25) is 14.9 Å². The lowest BCUT2D eigenvalue weighted by molar-refractivity contribution is -0.384. The zero-order valence-corrected chi connectivity index (χ0v) is 13.5. The van der Waals surface area contributed by atoms with Crippen molar-refractivity contribution in [3.05, 3.63) is 34.1 Å². The van der Waals surface area contributed by atoms with Crippen molar-refractivity contribution < 1.29 is 18.8 Å². The second-order valence-electron chi connectivity index (χ2n) is 6.09. The van der Waals surface area contributed by atoms with E-state index in [0.29, 0.717) is 31.8 Å². The molecule has 1 atom stereocenters. The minimum atomic E-state index is -0.696. The number of esters is 1. The van der Waals surface area contributed by atoms with E-state index in [4.69, 9.17) is 4.74 Å².